The maximum Gasteiger partial charge on any atom is 0.257 e. The number of amides is 1. The summed E-state index contributed by atoms with van der Waals surface area (Å²) in [5.41, 5.74) is 2.75. The van der Waals surface area contributed by atoms with E-state index in [1.165, 1.54) is 0 Å². The molecule has 0 saturated carbocycles. The lowest BCUT2D eigenvalue weighted by molar-refractivity contribution is -0.0229. The molecule has 142 valence electrons. The fourth-order valence-corrected chi connectivity index (χ4v) is 3.38. The second kappa shape index (κ2) is 8.72. The average molecular weight is 373 g/mol. The van der Waals surface area contributed by atoms with Crippen LogP contribution in [0.2, 0.25) is 0 Å². The SMILES string of the molecule is O=C(c1ccccc1OCc1ccccc1)N1CCOC(c2ccccc2)C1. The Morgan fingerprint density at radius 3 is 2.39 bits per heavy atom. The molecule has 4 heteroatoms. The Balaban J connectivity index is 1.48. The highest BCUT2D eigenvalue weighted by atomic mass is 16.5. The minimum atomic E-state index is -0.101. The lowest BCUT2D eigenvalue weighted by atomic mass is 10.1. The van der Waals surface area contributed by atoms with E-state index in [1.54, 1.807) is 0 Å². The number of rotatable bonds is 5. The van der Waals surface area contributed by atoms with Crippen molar-refractivity contribution in [2.75, 3.05) is 19.7 Å². The topological polar surface area (TPSA) is 38.8 Å². The van der Waals surface area contributed by atoms with Gasteiger partial charge in [0.2, 0.25) is 0 Å². The summed E-state index contributed by atoms with van der Waals surface area (Å²) < 4.78 is 11.9. The number of benzene rings is 3. The molecule has 1 aliphatic rings. The van der Waals surface area contributed by atoms with Crippen molar-refractivity contribution in [1.29, 1.82) is 0 Å². The Morgan fingerprint density at radius 1 is 0.929 bits per heavy atom. The van der Waals surface area contributed by atoms with Crippen LogP contribution in [0.5, 0.6) is 5.75 Å². The molecule has 0 bridgehead atoms. The molecule has 3 aromatic rings. The van der Waals surface area contributed by atoms with E-state index in [1.807, 2.05) is 89.8 Å². The van der Waals surface area contributed by atoms with Gasteiger partial charge in [0, 0.05) is 6.54 Å². The first-order valence-electron chi connectivity index (χ1n) is 9.53. The Hall–Kier alpha value is -3.11. The first-order chi connectivity index (χ1) is 13.8. The van der Waals surface area contributed by atoms with E-state index in [-0.39, 0.29) is 12.0 Å². The van der Waals surface area contributed by atoms with Crippen molar-refractivity contribution in [3.05, 3.63) is 102 Å². The minimum absolute atomic E-state index is 0.0205. The smallest absolute Gasteiger partial charge is 0.257 e. The molecular weight excluding hydrogens is 350 g/mol. The van der Waals surface area contributed by atoms with Crippen LogP contribution in [0.25, 0.3) is 0 Å². The van der Waals surface area contributed by atoms with Crippen molar-refractivity contribution in [3.8, 4) is 5.75 Å². The Bertz CT molecular complexity index is 911. The van der Waals surface area contributed by atoms with Gasteiger partial charge in [-0.25, -0.2) is 0 Å². The molecule has 0 aliphatic carbocycles. The molecule has 4 rings (SSSR count). The van der Waals surface area contributed by atoms with Crippen molar-refractivity contribution >= 4 is 5.91 Å². The molecule has 1 unspecified atom stereocenters. The van der Waals surface area contributed by atoms with Gasteiger partial charge < -0.3 is 14.4 Å². The van der Waals surface area contributed by atoms with E-state index in [0.29, 0.717) is 37.6 Å². The van der Waals surface area contributed by atoms with E-state index in [9.17, 15) is 4.79 Å². The number of hydrogen-bond donors (Lipinski definition) is 0. The van der Waals surface area contributed by atoms with Crippen LogP contribution in [0, 0.1) is 0 Å². The predicted octanol–water partition coefficient (Wildman–Crippen LogP) is 4.48. The predicted molar refractivity (Wildman–Crippen MR) is 108 cm³/mol. The summed E-state index contributed by atoms with van der Waals surface area (Å²) in [6.45, 7) is 2.07. The molecule has 28 heavy (non-hydrogen) atoms. The number of ether oxygens (including phenoxy) is 2. The van der Waals surface area contributed by atoms with Crippen LogP contribution in [-0.2, 0) is 11.3 Å². The van der Waals surface area contributed by atoms with Gasteiger partial charge in [-0.3, -0.25) is 4.79 Å². The number of nitrogens with zero attached hydrogens (tertiary/aromatic N) is 1. The van der Waals surface area contributed by atoms with Crippen molar-refractivity contribution in [2.24, 2.45) is 0 Å². The summed E-state index contributed by atoms with van der Waals surface area (Å²) in [6.07, 6.45) is -0.101. The number of morpholine rings is 1. The molecule has 3 aromatic carbocycles. The maximum atomic E-state index is 13.2. The van der Waals surface area contributed by atoms with Gasteiger partial charge in [-0.05, 0) is 23.3 Å². The number of para-hydroxylation sites is 1. The third-order valence-electron chi connectivity index (χ3n) is 4.88. The molecule has 0 radical (unpaired) electrons. The molecule has 0 spiro atoms. The molecule has 1 aliphatic heterocycles. The van der Waals surface area contributed by atoms with Crippen LogP contribution >= 0.6 is 0 Å². The van der Waals surface area contributed by atoms with Gasteiger partial charge >= 0.3 is 0 Å². The van der Waals surface area contributed by atoms with Crippen LogP contribution < -0.4 is 4.74 Å². The number of carbonyl (C=O) groups excluding carboxylic acids is 1. The van der Waals surface area contributed by atoms with Gasteiger partial charge in [-0.2, -0.15) is 0 Å². The minimum Gasteiger partial charge on any atom is -0.488 e. The molecular formula is C24H23NO3. The van der Waals surface area contributed by atoms with Gasteiger partial charge in [0.25, 0.3) is 5.91 Å². The van der Waals surface area contributed by atoms with Gasteiger partial charge in [0.05, 0.1) is 18.7 Å². The average Bonchev–Trinajstić information content (AvgIpc) is 2.79. The first-order valence-corrected chi connectivity index (χ1v) is 9.53. The second-order valence-corrected chi connectivity index (χ2v) is 6.79. The number of carbonyl (C=O) groups is 1. The highest BCUT2D eigenvalue weighted by Gasteiger charge is 2.27. The standard InChI is InChI=1S/C24H23NO3/c26-24(25-15-16-27-23(17-25)20-11-5-2-6-12-20)21-13-7-8-14-22(21)28-18-19-9-3-1-4-10-19/h1-14,23H,15-18H2. The quantitative estimate of drug-likeness (QED) is 0.662. The first kappa shape index (κ1) is 18.3. The maximum absolute atomic E-state index is 13.2. The zero-order valence-electron chi connectivity index (χ0n) is 15.7. The summed E-state index contributed by atoms with van der Waals surface area (Å²) in [5, 5.41) is 0. The van der Waals surface area contributed by atoms with E-state index >= 15 is 0 Å². The van der Waals surface area contributed by atoms with Gasteiger partial charge in [-0.1, -0.05) is 72.8 Å². The van der Waals surface area contributed by atoms with Crippen LogP contribution in [0.3, 0.4) is 0 Å². The Kier molecular flexibility index (Phi) is 5.69. The summed E-state index contributed by atoms with van der Waals surface area (Å²) >= 11 is 0. The Morgan fingerprint density at radius 2 is 1.61 bits per heavy atom. The molecule has 1 amide bonds. The largest absolute Gasteiger partial charge is 0.488 e. The van der Waals surface area contributed by atoms with E-state index in [0.717, 1.165) is 11.1 Å². The van der Waals surface area contributed by atoms with E-state index in [2.05, 4.69) is 0 Å². The monoisotopic (exact) mass is 373 g/mol. The second-order valence-electron chi connectivity index (χ2n) is 6.79. The number of hydrogen-bond acceptors (Lipinski definition) is 3. The van der Waals surface area contributed by atoms with Crippen LogP contribution in [0.4, 0.5) is 0 Å². The summed E-state index contributed by atoms with van der Waals surface area (Å²) in [7, 11) is 0. The van der Waals surface area contributed by atoms with E-state index < -0.39 is 0 Å². The molecule has 4 nitrogen and oxygen atoms in total. The molecule has 1 heterocycles. The molecule has 1 saturated heterocycles. The van der Waals surface area contributed by atoms with Gasteiger partial charge in [0.15, 0.2) is 0 Å². The lowest BCUT2D eigenvalue weighted by Crippen LogP contribution is -2.42. The van der Waals surface area contributed by atoms with Crippen LogP contribution in [-0.4, -0.2) is 30.5 Å². The highest BCUT2D eigenvalue weighted by molar-refractivity contribution is 5.97. The van der Waals surface area contributed by atoms with Crippen LogP contribution in [0.1, 0.15) is 27.6 Å². The van der Waals surface area contributed by atoms with E-state index in [4.69, 9.17) is 9.47 Å². The van der Waals surface area contributed by atoms with Crippen molar-refractivity contribution in [3.63, 3.8) is 0 Å². The van der Waals surface area contributed by atoms with Gasteiger partial charge in [0.1, 0.15) is 18.5 Å². The third-order valence-corrected chi connectivity index (χ3v) is 4.88. The van der Waals surface area contributed by atoms with Gasteiger partial charge in [-0.15, -0.1) is 0 Å². The zero-order chi connectivity index (χ0) is 19.2. The van der Waals surface area contributed by atoms with Crippen molar-refractivity contribution in [2.45, 2.75) is 12.7 Å². The van der Waals surface area contributed by atoms with Crippen LogP contribution in [0.15, 0.2) is 84.9 Å². The fourth-order valence-electron chi connectivity index (χ4n) is 3.38. The molecule has 1 atom stereocenters. The lowest BCUT2D eigenvalue weighted by Gasteiger charge is -2.33. The zero-order valence-corrected chi connectivity index (χ0v) is 15.7. The molecule has 1 fully saturated rings. The fraction of sp³-hybridized carbons (Fsp3) is 0.208. The Labute approximate surface area is 165 Å². The summed E-state index contributed by atoms with van der Waals surface area (Å²) in [5.74, 6) is 0.590. The summed E-state index contributed by atoms with van der Waals surface area (Å²) in [6, 6.07) is 27.4. The highest BCUT2D eigenvalue weighted by Crippen LogP contribution is 2.26. The molecule has 0 N–H and O–H groups in total. The van der Waals surface area contributed by atoms with Crippen molar-refractivity contribution < 1.29 is 14.3 Å². The summed E-state index contributed by atoms with van der Waals surface area (Å²) in [4.78, 5) is 15.1. The normalized spacial score (nSPS) is 16.6. The third kappa shape index (κ3) is 4.24. The van der Waals surface area contributed by atoms with Crippen molar-refractivity contribution in [1.82, 2.24) is 4.90 Å². The molecule has 0 aromatic heterocycles.